The van der Waals surface area contributed by atoms with Gasteiger partial charge in [0.2, 0.25) is 0 Å². The predicted octanol–water partition coefficient (Wildman–Crippen LogP) is 12.0. The summed E-state index contributed by atoms with van der Waals surface area (Å²) in [6.07, 6.45) is 41.4. The van der Waals surface area contributed by atoms with Gasteiger partial charge < -0.3 is 0 Å². The summed E-state index contributed by atoms with van der Waals surface area (Å²) >= 11 is 0. The molecule has 0 saturated carbocycles. The van der Waals surface area contributed by atoms with Gasteiger partial charge in [0, 0.05) is 0 Å². The molecule has 0 radical (unpaired) electrons. The van der Waals surface area contributed by atoms with Crippen LogP contribution in [0.25, 0.3) is 0 Å². The Morgan fingerprint density at radius 2 is 0.975 bits per heavy atom. The molecule has 0 heterocycles. The van der Waals surface area contributed by atoms with Crippen molar-refractivity contribution in [2.24, 2.45) is 23.7 Å². The van der Waals surface area contributed by atoms with Crippen LogP contribution < -0.4 is 0 Å². The minimum Gasteiger partial charge on any atom is -0.252 e. The molecule has 4 unspecified atom stereocenters. The third-order valence-electron chi connectivity index (χ3n) is 9.16. The summed E-state index contributed by atoms with van der Waals surface area (Å²) in [6, 6.07) is 0. The molecule has 0 aromatic heterocycles. The minimum atomic E-state index is 0.471. The molecule has 236 valence electrons. The van der Waals surface area contributed by atoms with Crippen LogP contribution in [0.2, 0.25) is 0 Å². The first-order valence-corrected chi connectivity index (χ1v) is 17.7. The van der Waals surface area contributed by atoms with E-state index in [9.17, 15) is 0 Å². The molecule has 0 aromatic rings. The quantitative estimate of drug-likeness (QED) is 0.0410. The van der Waals surface area contributed by atoms with Crippen molar-refractivity contribution in [1.82, 2.24) is 0 Å². The van der Waals surface area contributed by atoms with Crippen LogP contribution in [0.5, 0.6) is 0 Å². The van der Waals surface area contributed by atoms with Crippen LogP contribution in [-0.4, -0.2) is 23.7 Å². The number of hydrogen-bond acceptors (Lipinski definition) is 4. The normalized spacial score (nSPS) is 21.1. The van der Waals surface area contributed by atoms with Crippen LogP contribution in [0.1, 0.15) is 168 Å². The molecular weight excluding hydrogens is 496 g/mol. The van der Waals surface area contributed by atoms with E-state index >= 15 is 0 Å². The second-order valence-electron chi connectivity index (χ2n) is 12.6. The highest BCUT2D eigenvalue weighted by atomic mass is 17.1. The van der Waals surface area contributed by atoms with Gasteiger partial charge in [0.15, 0.2) is 0 Å². The van der Waals surface area contributed by atoms with Crippen molar-refractivity contribution >= 4 is 0 Å². The molecule has 0 aromatic carbocycles. The molecule has 0 aliphatic heterocycles. The predicted molar refractivity (Wildman–Crippen MR) is 172 cm³/mol. The van der Waals surface area contributed by atoms with Crippen LogP contribution in [0.15, 0.2) is 24.3 Å². The molecule has 4 nitrogen and oxygen atoms in total. The lowest BCUT2D eigenvalue weighted by atomic mass is 9.66. The van der Waals surface area contributed by atoms with Crippen LogP contribution in [0.3, 0.4) is 0 Å². The van der Waals surface area contributed by atoms with E-state index in [0.717, 1.165) is 37.5 Å². The van der Waals surface area contributed by atoms with E-state index in [0.29, 0.717) is 25.0 Å². The summed E-state index contributed by atoms with van der Waals surface area (Å²) in [5.41, 5.74) is 0. The van der Waals surface area contributed by atoms with Gasteiger partial charge in [-0.05, 0) is 68.6 Å². The van der Waals surface area contributed by atoms with Crippen LogP contribution in [0, 0.1) is 23.7 Å². The number of hydrogen-bond donors (Lipinski definition) is 2. The third-order valence-corrected chi connectivity index (χ3v) is 9.16. The molecule has 0 bridgehead atoms. The number of allylic oxidation sites excluding steroid dienone is 4. The lowest BCUT2D eigenvalue weighted by Crippen LogP contribution is -2.30. The zero-order valence-electron chi connectivity index (χ0n) is 26.7. The average Bonchev–Trinajstić information content (AvgIpc) is 2.97. The zero-order valence-corrected chi connectivity index (χ0v) is 26.7. The van der Waals surface area contributed by atoms with Gasteiger partial charge in [-0.1, -0.05) is 147 Å². The minimum absolute atomic E-state index is 0.471. The summed E-state index contributed by atoms with van der Waals surface area (Å²) in [5.74, 6) is 3.00. The van der Waals surface area contributed by atoms with E-state index in [4.69, 9.17) is 10.5 Å². The molecule has 2 N–H and O–H groups in total. The van der Waals surface area contributed by atoms with E-state index in [1.165, 1.54) is 128 Å². The molecule has 1 rings (SSSR count). The first-order chi connectivity index (χ1) is 19.8. The highest BCUT2D eigenvalue weighted by Crippen LogP contribution is 2.43. The molecule has 0 saturated heterocycles. The van der Waals surface area contributed by atoms with Crippen LogP contribution in [-0.2, 0) is 9.78 Å². The SMILES string of the molecule is CCCCCCC1C=CC(CCCCCCCCOO)C(/C=C/CCCCCCCCOO)C1CCCCCC. The molecule has 1 aliphatic carbocycles. The van der Waals surface area contributed by atoms with E-state index < -0.39 is 0 Å². The summed E-state index contributed by atoms with van der Waals surface area (Å²) < 4.78 is 0. The van der Waals surface area contributed by atoms with Gasteiger partial charge in [-0.25, -0.2) is 9.78 Å². The maximum atomic E-state index is 8.50. The Balaban J connectivity index is 2.71. The van der Waals surface area contributed by atoms with Gasteiger partial charge in [0.1, 0.15) is 0 Å². The molecule has 40 heavy (non-hydrogen) atoms. The van der Waals surface area contributed by atoms with Gasteiger partial charge in [-0.3, -0.25) is 10.5 Å². The second-order valence-corrected chi connectivity index (χ2v) is 12.6. The fourth-order valence-corrected chi connectivity index (χ4v) is 6.71. The molecular formula is C36H68O4. The van der Waals surface area contributed by atoms with E-state index in [-0.39, 0.29) is 0 Å². The Hall–Kier alpha value is -0.680. The Labute approximate surface area is 249 Å². The third kappa shape index (κ3) is 19.4. The van der Waals surface area contributed by atoms with Gasteiger partial charge in [-0.2, -0.15) is 0 Å². The Morgan fingerprint density at radius 3 is 1.55 bits per heavy atom. The van der Waals surface area contributed by atoms with E-state index in [2.05, 4.69) is 47.9 Å². The Morgan fingerprint density at radius 1 is 0.525 bits per heavy atom. The van der Waals surface area contributed by atoms with Crippen molar-refractivity contribution < 1.29 is 20.3 Å². The Kier molecular flexibility index (Phi) is 26.6. The van der Waals surface area contributed by atoms with Gasteiger partial charge in [0.25, 0.3) is 0 Å². The second kappa shape index (κ2) is 28.4. The lowest BCUT2D eigenvalue weighted by molar-refractivity contribution is -0.242. The van der Waals surface area contributed by atoms with Crippen LogP contribution >= 0.6 is 0 Å². The largest absolute Gasteiger partial charge is 0.252 e. The smallest absolute Gasteiger partial charge is 0.0819 e. The van der Waals surface area contributed by atoms with Crippen molar-refractivity contribution in [2.45, 2.75) is 168 Å². The maximum Gasteiger partial charge on any atom is 0.0819 e. The van der Waals surface area contributed by atoms with Crippen LogP contribution in [0.4, 0.5) is 0 Å². The lowest BCUT2D eigenvalue weighted by Gasteiger charge is -2.39. The molecule has 0 amide bonds. The van der Waals surface area contributed by atoms with Crippen molar-refractivity contribution in [3.8, 4) is 0 Å². The van der Waals surface area contributed by atoms with Gasteiger partial charge in [0.05, 0.1) is 13.2 Å². The van der Waals surface area contributed by atoms with Crippen molar-refractivity contribution in [2.75, 3.05) is 13.2 Å². The fraction of sp³-hybridized carbons (Fsp3) is 0.889. The monoisotopic (exact) mass is 565 g/mol. The number of rotatable bonds is 29. The Bertz CT molecular complexity index is 575. The zero-order chi connectivity index (χ0) is 28.9. The highest BCUT2D eigenvalue weighted by molar-refractivity contribution is 5.10. The van der Waals surface area contributed by atoms with Gasteiger partial charge in [-0.15, -0.1) is 0 Å². The molecule has 1 aliphatic rings. The average molecular weight is 565 g/mol. The highest BCUT2D eigenvalue weighted by Gasteiger charge is 2.33. The fourth-order valence-electron chi connectivity index (χ4n) is 6.71. The summed E-state index contributed by atoms with van der Waals surface area (Å²) in [4.78, 5) is 8.39. The molecule has 0 spiro atoms. The number of unbranched alkanes of at least 4 members (excludes halogenated alkanes) is 17. The first kappa shape index (κ1) is 37.3. The summed E-state index contributed by atoms with van der Waals surface area (Å²) in [6.45, 7) is 5.59. The first-order valence-electron chi connectivity index (χ1n) is 17.7. The van der Waals surface area contributed by atoms with Gasteiger partial charge >= 0.3 is 0 Å². The standard InChI is InChI=1S/C36H68O4/c1-3-5-7-19-25-33-29-30-34(26-20-15-12-14-18-24-32-40-38)36(35(33)27-21-8-6-4-2)28-22-16-11-9-10-13-17-23-31-39-37/h22,28-30,33-38H,3-21,23-27,31-32H2,1-2H3/b28-22+. The van der Waals surface area contributed by atoms with Crippen molar-refractivity contribution in [1.29, 1.82) is 0 Å². The van der Waals surface area contributed by atoms with Crippen molar-refractivity contribution in [3.63, 3.8) is 0 Å². The molecule has 4 heteroatoms. The van der Waals surface area contributed by atoms with E-state index in [1.54, 1.807) is 0 Å². The molecule has 0 fully saturated rings. The topological polar surface area (TPSA) is 58.9 Å². The molecule has 4 atom stereocenters. The summed E-state index contributed by atoms with van der Waals surface area (Å²) in [5, 5.41) is 16.9. The van der Waals surface area contributed by atoms with Crippen molar-refractivity contribution in [3.05, 3.63) is 24.3 Å². The maximum absolute atomic E-state index is 8.50. The summed E-state index contributed by atoms with van der Waals surface area (Å²) in [7, 11) is 0. The van der Waals surface area contributed by atoms with E-state index in [1.807, 2.05) is 0 Å².